The lowest BCUT2D eigenvalue weighted by Gasteiger charge is -2.33. The van der Waals surface area contributed by atoms with Crippen LogP contribution in [0, 0.1) is 5.82 Å². The van der Waals surface area contributed by atoms with Gasteiger partial charge in [0.25, 0.3) is 0 Å². The minimum Gasteiger partial charge on any atom is -0.425 e. The van der Waals surface area contributed by atoms with Crippen LogP contribution < -0.4 is 5.56 Å². The van der Waals surface area contributed by atoms with Gasteiger partial charge in [-0.2, -0.15) is 4.73 Å². The molecule has 1 aliphatic heterocycles. The van der Waals surface area contributed by atoms with E-state index in [0.717, 1.165) is 66.7 Å². The van der Waals surface area contributed by atoms with Crippen LogP contribution in [-0.4, -0.2) is 62.0 Å². The normalized spacial score (nSPS) is 15.7. The molecule has 1 aromatic carbocycles. The maximum absolute atomic E-state index is 13.4. The highest BCUT2D eigenvalue weighted by molar-refractivity contribution is 6.06. The molecule has 1 saturated heterocycles. The standard InChI is InChI=1S/C24H26FN5O2/c1-2-27-9-11-28(12-10-27)15-18-16-29(14-17-3-5-19(25)6-4-17)21-13-26-23-20(22(18)21)7-8-30(32)24(23)31/h3-8,13,16,32H,2,9-12,14-15H2,1H3. The average Bonchev–Trinajstić information content (AvgIpc) is 3.15. The van der Waals surface area contributed by atoms with Gasteiger partial charge < -0.3 is 14.7 Å². The second-order valence-corrected chi connectivity index (χ2v) is 8.37. The van der Waals surface area contributed by atoms with Crippen molar-refractivity contribution >= 4 is 21.8 Å². The smallest absolute Gasteiger partial charge is 0.309 e. The van der Waals surface area contributed by atoms with Crippen LogP contribution in [0.15, 0.2) is 53.7 Å². The maximum atomic E-state index is 13.4. The summed E-state index contributed by atoms with van der Waals surface area (Å²) in [6.45, 7) is 8.66. The molecule has 0 aliphatic carbocycles. The third-order valence-electron chi connectivity index (χ3n) is 6.40. The molecule has 8 heteroatoms. The van der Waals surface area contributed by atoms with E-state index in [4.69, 9.17) is 0 Å². The van der Waals surface area contributed by atoms with Crippen molar-refractivity contribution in [1.29, 1.82) is 0 Å². The van der Waals surface area contributed by atoms with Crippen LogP contribution >= 0.6 is 0 Å². The Morgan fingerprint density at radius 1 is 1.03 bits per heavy atom. The Morgan fingerprint density at radius 2 is 1.75 bits per heavy atom. The number of pyridine rings is 2. The van der Waals surface area contributed by atoms with E-state index in [1.807, 2.05) is 0 Å². The second-order valence-electron chi connectivity index (χ2n) is 8.37. The zero-order valence-corrected chi connectivity index (χ0v) is 18.0. The number of halogens is 1. The van der Waals surface area contributed by atoms with Crippen LogP contribution in [0.1, 0.15) is 18.1 Å². The number of hydrogen-bond donors (Lipinski definition) is 1. The number of hydrogen-bond acceptors (Lipinski definition) is 5. The van der Waals surface area contributed by atoms with Gasteiger partial charge in [-0.15, -0.1) is 0 Å². The van der Waals surface area contributed by atoms with Gasteiger partial charge in [0.1, 0.15) is 11.3 Å². The van der Waals surface area contributed by atoms with Gasteiger partial charge in [0.15, 0.2) is 0 Å². The van der Waals surface area contributed by atoms with Crippen molar-refractivity contribution in [1.82, 2.24) is 24.1 Å². The Kier molecular flexibility index (Phi) is 5.40. The predicted octanol–water partition coefficient (Wildman–Crippen LogP) is 2.91. The molecule has 0 atom stereocenters. The zero-order chi connectivity index (χ0) is 22.2. The monoisotopic (exact) mass is 435 g/mol. The molecule has 32 heavy (non-hydrogen) atoms. The number of nitrogens with zero attached hydrogens (tertiary/aromatic N) is 5. The molecule has 0 spiro atoms. The van der Waals surface area contributed by atoms with Crippen LogP contribution in [0.4, 0.5) is 4.39 Å². The van der Waals surface area contributed by atoms with Gasteiger partial charge in [0, 0.05) is 62.4 Å². The average molecular weight is 436 g/mol. The lowest BCUT2D eigenvalue weighted by atomic mass is 10.1. The summed E-state index contributed by atoms with van der Waals surface area (Å²) < 4.78 is 16.0. The van der Waals surface area contributed by atoms with E-state index in [1.54, 1.807) is 24.4 Å². The van der Waals surface area contributed by atoms with Crippen molar-refractivity contribution in [3.8, 4) is 0 Å². The molecule has 4 heterocycles. The van der Waals surface area contributed by atoms with Crippen LogP contribution in [0.2, 0.25) is 0 Å². The fourth-order valence-corrected chi connectivity index (χ4v) is 4.59. The fourth-order valence-electron chi connectivity index (χ4n) is 4.59. The summed E-state index contributed by atoms with van der Waals surface area (Å²) in [5.41, 5.74) is 2.74. The number of aromatic nitrogens is 3. The lowest BCUT2D eigenvalue weighted by Crippen LogP contribution is -2.45. The van der Waals surface area contributed by atoms with E-state index < -0.39 is 5.56 Å². The molecule has 3 aromatic heterocycles. The molecule has 4 aromatic rings. The molecule has 5 rings (SSSR count). The highest BCUT2D eigenvalue weighted by Crippen LogP contribution is 2.29. The summed E-state index contributed by atoms with van der Waals surface area (Å²) in [7, 11) is 0. The van der Waals surface area contributed by atoms with E-state index in [0.29, 0.717) is 11.3 Å². The van der Waals surface area contributed by atoms with Crippen molar-refractivity contribution in [3.63, 3.8) is 0 Å². The summed E-state index contributed by atoms with van der Waals surface area (Å²) in [6.07, 6.45) is 5.18. The van der Waals surface area contributed by atoms with Crippen molar-refractivity contribution in [2.24, 2.45) is 0 Å². The predicted molar refractivity (Wildman–Crippen MR) is 122 cm³/mol. The number of likely N-dealkylation sites (N-methyl/N-ethyl adjacent to an activating group) is 1. The van der Waals surface area contributed by atoms with Crippen LogP contribution in [-0.2, 0) is 13.1 Å². The fraction of sp³-hybridized carbons (Fsp3) is 0.333. The minimum absolute atomic E-state index is 0.249. The molecule has 1 aliphatic rings. The Labute approximate surface area is 184 Å². The Balaban J connectivity index is 1.60. The quantitative estimate of drug-likeness (QED) is 0.489. The Morgan fingerprint density at radius 3 is 2.47 bits per heavy atom. The molecule has 1 N–H and O–H groups in total. The van der Waals surface area contributed by atoms with Gasteiger partial charge in [-0.3, -0.25) is 9.69 Å². The van der Waals surface area contributed by atoms with E-state index >= 15 is 0 Å². The van der Waals surface area contributed by atoms with E-state index in [9.17, 15) is 14.4 Å². The van der Waals surface area contributed by atoms with Gasteiger partial charge in [0.05, 0.1) is 11.7 Å². The molecular weight excluding hydrogens is 409 g/mol. The van der Waals surface area contributed by atoms with Gasteiger partial charge in [-0.25, -0.2) is 9.37 Å². The largest absolute Gasteiger partial charge is 0.425 e. The first kappa shape index (κ1) is 20.7. The number of rotatable bonds is 5. The SMILES string of the molecule is CCN1CCN(Cc2cn(Cc3ccc(F)cc3)c3cnc4c(=O)n(O)ccc4c23)CC1. The summed E-state index contributed by atoms with van der Waals surface area (Å²) in [6, 6.07) is 8.24. The third kappa shape index (κ3) is 3.76. The zero-order valence-electron chi connectivity index (χ0n) is 18.0. The van der Waals surface area contributed by atoms with Gasteiger partial charge >= 0.3 is 5.56 Å². The first-order valence-electron chi connectivity index (χ1n) is 10.9. The van der Waals surface area contributed by atoms with Crippen molar-refractivity contribution in [3.05, 3.63) is 76.2 Å². The van der Waals surface area contributed by atoms with Gasteiger partial charge in [-0.05, 0) is 35.9 Å². The van der Waals surface area contributed by atoms with E-state index in [1.165, 1.54) is 18.3 Å². The van der Waals surface area contributed by atoms with Crippen molar-refractivity contribution < 1.29 is 9.60 Å². The maximum Gasteiger partial charge on any atom is 0.309 e. The summed E-state index contributed by atoms with van der Waals surface area (Å²) >= 11 is 0. The van der Waals surface area contributed by atoms with Crippen molar-refractivity contribution in [2.75, 3.05) is 32.7 Å². The van der Waals surface area contributed by atoms with E-state index in [-0.39, 0.29) is 11.3 Å². The number of piperazine rings is 1. The molecule has 166 valence electrons. The van der Waals surface area contributed by atoms with Crippen LogP contribution in [0.25, 0.3) is 21.8 Å². The van der Waals surface area contributed by atoms with Gasteiger partial charge in [0.2, 0.25) is 0 Å². The minimum atomic E-state index is -0.529. The number of fused-ring (bicyclic) bond motifs is 3. The molecular formula is C24H26FN5O2. The Hall–Kier alpha value is -3.23. The van der Waals surface area contributed by atoms with Crippen molar-refractivity contribution in [2.45, 2.75) is 20.0 Å². The molecule has 0 bridgehead atoms. The van der Waals surface area contributed by atoms with Crippen LogP contribution in [0.3, 0.4) is 0 Å². The highest BCUT2D eigenvalue weighted by Gasteiger charge is 2.20. The molecule has 0 unspecified atom stereocenters. The molecule has 7 nitrogen and oxygen atoms in total. The lowest BCUT2D eigenvalue weighted by molar-refractivity contribution is 0.132. The first-order chi connectivity index (χ1) is 15.5. The highest BCUT2D eigenvalue weighted by atomic mass is 19.1. The topological polar surface area (TPSA) is 66.5 Å². The first-order valence-corrected chi connectivity index (χ1v) is 10.9. The molecule has 0 amide bonds. The Bertz CT molecular complexity index is 1320. The third-order valence-corrected chi connectivity index (χ3v) is 6.40. The summed E-state index contributed by atoms with van der Waals surface area (Å²) in [4.78, 5) is 21.7. The van der Waals surface area contributed by atoms with Gasteiger partial charge in [-0.1, -0.05) is 19.1 Å². The van der Waals surface area contributed by atoms with Crippen LogP contribution in [0.5, 0.6) is 0 Å². The molecule has 0 saturated carbocycles. The summed E-state index contributed by atoms with van der Waals surface area (Å²) in [5, 5.41) is 11.5. The summed E-state index contributed by atoms with van der Waals surface area (Å²) in [5.74, 6) is -0.258. The second kappa shape index (κ2) is 8.37. The molecule has 1 fully saturated rings. The number of benzene rings is 1. The van der Waals surface area contributed by atoms with E-state index in [2.05, 4.69) is 32.5 Å². The molecule has 0 radical (unpaired) electrons.